The monoisotopic (exact) mass is 352 g/mol. The van der Waals surface area contributed by atoms with Crippen LogP contribution >= 0.6 is 0 Å². The lowest BCUT2D eigenvalue weighted by Gasteiger charge is -2.32. The van der Waals surface area contributed by atoms with Crippen molar-refractivity contribution in [2.45, 2.75) is 32.2 Å². The van der Waals surface area contributed by atoms with Gasteiger partial charge in [0.15, 0.2) is 5.65 Å². The highest BCUT2D eigenvalue weighted by atomic mass is 16.2. The maximum absolute atomic E-state index is 12.4. The molecular weight excluding hydrogens is 332 g/mol. The first-order valence-electron chi connectivity index (χ1n) is 8.73. The quantitative estimate of drug-likeness (QED) is 0.766. The minimum atomic E-state index is -0.202. The Balaban J connectivity index is 1.70. The van der Waals surface area contributed by atoms with Crippen LogP contribution in [0, 0.1) is 0 Å². The van der Waals surface area contributed by atoms with Crippen LogP contribution in [0.4, 0.5) is 0 Å². The van der Waals surface area contributed by atoms with Gasteiger partial charge in [-0.1, -0.05) is 6.07 Å². The van der Waals surface area contributed by atoms with Crippen LogP contribution in [-0.2, 0) is 11.2 Å². The SMILES string of the molecule is CC(=O)N1CCCC(n2ncc3c(=O)[nH]c(Cc4ccccn4)nc32)C1. The largest absolute Gasteiger partial charge is 0.341 e. The second kappa shape index (κ2) is 6.70. The Hall–Kier alpha value is -3.03. The lowest BCUT2D eigenvalue weighted by Crippen LogP contribution is -2.39. The molecule has 1 aliphatic rings. The van der Waals surface area contributed by atoms with Gasteiger partial charge in [-0.05, 0) is 25.0 Å². The van der Waals surface area contributed by atoms with Gasteiger partial charge < -0.3 is 9.88 Å². The van der Waals surface area contributed by atoms with Gasteiger partial charge in [-0.3, -0.25) is 14.6 Å². The van der Waals surface area contributed by atoms with E-state index in [1.807, 2.05) is 23.1 Å². The summed E-state index contributed by atoms with van der Waals surface area (Å²) in [5, 5.41) is 4.87. The van der Waals surface area contributed by atoms with Gasteiger partial charge in [-0.2, -0.15) is 5.10 Å². The van der Waals surface area contributed by atoms with Crippen molar-refractivity contribution in [3.05, 3.63) is 52.5 Å². The summed E-state index contributed by atoms with van der Waals surface area (Å²) in [5.41, 5.74) is 1.20. The molecule has 0 spiro atoms. The van der Waals surface area contributed by atoms with Crippen molar-refractivity contribution in [1.29, 1.82) is 0 Å². The van der Waals surface area contributed by atoms with Crippen molar-refractivity contribution in [2.75, 3.05) is 13.1 Å². The van der Waals surface area contributed by atoms with E-state index in [1.54, 1.807) is 24.0 Å². The lowest BCUT2D eigenvalue weighted by molar-refractivity contribution is -0.130. The fourth-order valence-corrected chi connectivity index (χ4v) is 3.45. The van der Waals surface area contributed by atoms with E-state index in [-0.39, 0.29) is 17.5 Å². The third-order valence-electron chi connectivity index (χ3n) is 4.77. The van der Waals surface area contributed by atoms with E-state index >= 15 is 0 Å². The Bertz CT molecular complexity index is 994. The third kappa shape index (κ3) is 3.10. The summed E-state index contributed by atoms with van der Waals surface area (Å²) in [6.07, 6.45) is 5.54. The van der Waals surface area contributed by atoms with E-state index in [0.29, 0.717) is 29.8 Å². The van der Waals surface area contributed by atoms with Crippen molar-refractivity contribution in [1.82, 2.24) is 29.6 Å². The zero-order chi connectivity index (χ0) is 18.1. The van der Waals surface area contributed by atoms with Crippen molar-refractivity contribution in [3.8, 4) is 0 Å². The second-order valence-corrected chi connectivity index (χ2v) is 6.60. The van der Waals surface area contributed by atoms with Crippen LogP contribution in [0.25, 0.3) is 11.0 Å². The molecule has 1 aliphatic heterocycles. The molecule has 1 unspecified atom stereocenters. The van der Waals surface area contributed by atoms with Gasteiger partial charge in [0.05, 0.1) is 12.2 Å². The highest BCUT2D eigenvalue weighted by Crippen LogP contribution is 2.23. The molecule has 0 saturated carbocycles. The number of nitrogens with one attached hydrogen (secondary N) is 1. The molecule has 1 amide bonds. The van der Waals surface area contributed by atoms with E-state index in [1.165, 1.54) is 0 Å². The number of amides is 1. The first kappa shape index (κ1) is 16.4. The molecule has 0 radical (unpaired) electrons. The number of fused-ring (bicyclic) bond motifs is 1. The number of aromatic nitrogens is 5. The molecule has 0 aliphatic carbocycles. The van der Waals surface area contributed by atoms with Crippen molar-refractivity contribution in [2.24, 2.45) is 0 Å². The van der Waals surface area contributed by atoms with Crippen LogP contribution in [-0.4, -0.2) is 48.6 Å². The number of likely N-dealkylation sites (tertiary alicyclic amines) is 1. The van der Waals surface area contributed by atoms with E-state index in [2.05, 4.69) is 20.1 Å². The minimum Gasteiger partial charge on any atom is -0.341 e. The van der Waals surface area contributed by atoms with Gasteiger partial charge in [-0.15, -0.1) is 0 Å². The molecule has 4 heterocycles. The number of carbonyl (C=O) groups excluding carboxylic acids is 1. The molecule has 134 valence electrons. The maximum Gasteiger partial charge on any atom is 0.262 e. The smallest absolute Gasteiger partial charge is 0.262 e. The van der Waals surface area contributed by atoms with Gasteiger partial charge in [-0.25, -0.2) is 9.67 Å². The number of hydrogen-bond acceptors (Lipinski definition) is 5. The molecule has 4 rings (SSSR count). The van der Waals surface area contributed by atoms with Gasteiger partial charge in [0.1, 0.15) is 11.2 Å². The van der Waals surface area contributed by atoms with E-state index < -0.39 is 0 Å². The molecule has 8 nitrogen and oxygen atoms in total. The normalized spacial score (nSPS) is 17.6. The number of aromatic amines is 1. The molecule has 26 heavy (non-hydrogen) atoms. The van der Waals surface area contributed by atoms with Crippen LogP contribution in [0.2, 0.25) is 0 Å². The van der Waals surface area contributed by atoms with Gasteiger partial charge in [0, 0.05) is 38.3 Å². The van der Waals surface area contributed by atoms with E-state index in [9.17, 15) is 9.59 Å². The zero-order valence-corrected chi connectivity index (χ0v) is 14.6. The summed E-state index contributed by atoms with van der Waals surface area (Å²) in [4.78, 5) is 37.7. The Morgan fingerprint density at radius 2 is 2.27 bits per heavy atom. The zero-order valence-electron chi connectivity index (χ0n) is 14.6. The Kier molecular flexibility index (Phi) is 4.24. The molecular formula is C18H20N6O2. The fraction of sp³-hybridized carbons (Fsp3) is 0.389. The second-order valence-electron chi connectivity index (χ2n) is 6.60. The highest BCUT2D eigenvalue weighted by molar-refractivity contribution is 5.74. The van der Waals surface area contributed by atoms with Crippen LogP contribution in [0.1, 0.15) is 37.3 Å². The summed E-state index contributed by atoms with van der Waals surface area (Å²) in [7, 11) is 0. The third-order valence-corrected chi connectivity index (χ3v) is 4.77. The Morgan fingerprint density at radius 1 is 1.38 bits per heavy atom. The van der Waals surface area contributed by atoms with Gasteiger partial charge >= 0.3 is 0 Å². The summed E-state index contributed by atoms with van der Waals surface area (Å²) in [6, 6.07) is 5.68. The van der Waals surface area contributed by atoms with Crippen molar-refractivity contribution >= 4 is 16.9 Å². The van der Waals surface area contributed by atoms with E-state index in [4.69, 9.17) is 0 Å². The first-order valence-corrected chi connectivity index (χ1v) is 8.73. The Morgan fingerprint density at radius 3 is 3.04 bits per heavy atom. The molecule has 3 aromatic heterocycles. The van der Waals surface area contributed by atoms with Crippen molar-refractivity contribution in [3.63, 3.8) is 0 Å². The minimum absolute atomic E-state index is 0.0298. The number of H-pyrrole nitrogens is 1. The molecule has 1 fully saturated rings. The average molecular weight is 352 g/mol. The van der Waals surface area contributed by atoms with E-state index in [0.717, 1.165) is 25.1 Å². The topological polar surface area (TPSA) is 96.8 Å². The molecule has 8 heteroatoms. The number of carbonyl (C=O) groups is 1. The molecule has 1 saturated heterocycles. The molecule has 0 aromatic carbocycles. The van der Waals surface area contributed by atoms with Crippen molar-refractivity contribution < 1.29 is 4.79 Å². The fourth-order valence-electron chi connectivity index (χ4n) is 3.45. The molecule has 1 N–H and O–H groups in total. The average Bonchev–Trinajstić information content (AvgIpc) is 3.07. The van der Waals surface area contributed by atoms with Crippen LogP contribution < -0.4 is 5.56 Å². The maximum atomic E-state index is 12.4. The van der Waals surface area contributed by atoms with Gasteiger partial charge in [0.2, 0.25) is 5.91 Å². The standard InChI is InChI=1S/C18H20N6O2/c1-12(25)23-8-4-6-14(11-23)24-17-15(10-20-24)18(26)22-16(21-17)9-13-5-2-3-7-19-13/h2-3,5,7,10,14H,4,6,8-9,11H2,1H3,(H,21,22,26). The van der Waals surface area contributed by atoms with Crippen LogP contribution in [0.15, 0.2) is 35.4 Å². The summed E-state index contributed by atoms with van der Waals surface area (Å²) < 4.78 is 1.79. The van der Waals surface area contributed by atoms with Crippen LogP contribution in [0.5, 0.6) is 0 Å². The molecule has 0 bridgehead atoms. The van der Waals surface area contributed by atoms with Crippen LogP contribution in [0.3, 0.4) is 0 Å². The lowest BCUT2D eigenvalue weighted by atomic mass is 10.1. The first-order chi connectivity index (χ1) is 12.6. The number of piperidine rings is 1. The number of rotatable bonds is 3. The molecule has 3 aromatic rings. The molecule has 1 atom stereocenters. The number of nitrogens with zero attached hydrogens (tertiary/aromatic N) is 5. The summed E-state index contributed by atoms with van der Waals surface area (Å²) in [6.45, 7) is 2.94. The predicted octanol–water partition coefficient (Wildman–Crippen LogP) is 1.29. The Labute approximate surface area is 149 Å². The summed E-state index contributed by atoms with van der Waals surface area (Å²) >= 11 is 0. The predicted molar refractivity (Wildman–Crippen MR) is 95.7 cm³/mol. The summed E-state index contributed by atoms with van der Waals surface area (Å²) in [5.74, 6) is 0.620. The highest BCUT2D eigenvalue weighted by Gasteiger charge is 2.25. The number of pyridine rings is 1. The number of hydrogen-bond donors (Lipinski definition) is 1. The van der Waals surface area contributed by atoms with Gasteiger partial charge in [0.25, 0.3) is 5.56 Å².